The fourth-order valence-electron chi connectivity index (χ4n) is 8.06. The van der Waals surface area contributed by atoms with E-state index >= 15 is 0 Å². The van der Waals surface area contributed by atoms with Crippen molar-refractivity contribution in [3.8, 4) is 0 Å². The summed E-state index contributed by atoms with van der Waals surface area (Å²) in [6.07, 6.45) is 6.99. The van der Waals surface area contributed by atoms with E-state index in [0.29, 0.717) is 39.0 Å². The van der Waals surface area contributed by atoms with Crippen molar-refractivity contribution in [2.75, 3.05) is 26.2 Å². The van der Waals surface area contributed by atoms with Crippen LogP contribution in [0.3, 0.4) is 0 Å². The molecule has 1 aromatic rings. The Morgan fingerprint density at radius 3 is 2.35 bits per heavy atom. The lowest BCUT2D eigenvalue weighted by Gasteiger charge is -2.46. The molecule has 4 rings (SSSR count). The zero-order chi connectivity index (χ0) is 31.6. The molecule has 0 aromatic heterocycles. The van der Waals surface area contributed by atoms with Crippen molar-refractivity contribution in [3.05, 3.63) is 61.2 Å². The number of amides is 3. The molecule has 8 heteroatoms. The zero-order valence-corrected chi connectivity index (χ0v) is 27.6. The number of fused-ring (bicyclic) bond motifs is 1. The molecule has 0 saturated carbocycles. The van der Waals surface area contributed by atoms with Crippen molar-refractivity contribution in [2.24, 2.45) is 17.3 Å². The lowest BCUT2D eigenvalue weighted by molar-refractivity contribution is -0.147. The van der Waals surface area contributed by atoms with Gasteiger partial charge in [-0.3, -0.25) is 14.4 Å². The third kappa shape index (κ3) is 6.60. The second-order valence-electron chi connectivity index (χ2n) is 14.3. The third-order valence-corrected chi connectivity index (χ3v) is 11.2. The van der Waals surface area contributed by atoms with Crippen LogP contribution in [0.5, 0.6) is 0 Å². The van der Waals surface area contributed by atoms with E-state index in [-0.39, 0.29) is 35.0 Å². The molecule has 3 aliphatic rings. The highest BCUT2D eigenvalue weighted by molar-refractivity contribution is 8.02. The number of benzene rings is 1. The molecule has 0 radical (unpaired) electrons. The molecule has 3 saturated heterocycles. The van der Waals surface area contributed by atoms with Crippen LogP contribution in [-0.4, -0.2) is 85.3 Å². The summed E-state index contributed by atoms with van der Waals surface area (Å²) in [6.45, 7) is 20.3. The van der Waals surface area contributed by atoms with E-state index in [0.717, 1.165) is 24.8 Å². The van der Waals surface area contributed by atoms with Crippen molar-refractivity contribution < 1.29 is 19.5 Å². The van der Waals surface area contributed by atoms with Crippen molar-refractivity contribution >= 4 is 29.5 Å². The van der Waals surface area contributed by atoms with Gasteiger partial charge in [-0.2, -0.15) is 0 Å². The molecule has 5 atom stereocenters. The topological polar surface area (TPSA) is 81.2 Å². The Morgan fingerprint density at radius 1 is 1.07 bits per heavy atom. The monoisotopic (exact) mass is 609 g/mol. The molecule has 2 unspecified atom stereocenters. The van der Waals surface area contributed by atoms with Gasteiger partial charge in [0.25, 0.3) is 0 Å². The highest BCUT2D eigenvalue weighted by Gasteiger charge is 2.74. The second kappa shape index (κ2) is 13.2. The van der Waals surface area contributed by atoms with Gasteiger partial charge in [-0.1, -0.05) is 63.3 Å². The molecule has 7 nitrogen and oxygen atoms in total. The van der Waals surface area contributed by atoms with Crippen LogP contribution in [-0.2, 0) is 20.9 Å². The van der Waals surface area contributed by atoms with Crippen molar-refractivity contribution in [2.45, 2.75) is 94.8 Å². The number of hydrogen-bond acceptors (Lipinski definition) is 5. The lowest BCUT2D eigenvalue weighted by atomic mass is 9.70. The van der Waals surface area contributed by atoms with Crippen LogP contribution < -0.4 is 0 Å². The quantitative estimate of drug-likeness (QED) is 0.229. The van der Waals surface area contributed by atoms with Gasteiger partial charge in [0.1, 0.15) is 6.04 Å². The van der Waals surface area contributed by atoms with Gasteiger partial charge in [0.05, 0.1) is 16.6 Å². The van der Waals surface area contributed by atoms with Gasteiger partial charge >= 0.3 is 0 Å². The molecule has 3 heterocycles. The summed E-state index contributed by atoms with van der Waals surface area (Å²) < 4.78 is -0.651. The zero-order valence-electron chi connectivity index (χ0n) is 26.8. The number of carbonyl (C=O) groups excluding carboxylic acids is 3. The van der Waals surface area contributed by atoms with E-state index < -0.39 is 28.2 Å². The number of thioether (sulfide) groups is 1. The number of likely N-dealkylation sites (tertiary alicyclic amines) is 1. The minimum Gasteiger partial charge on any atom is -0.396 e. The predicted octanol–water partition coefficient (Wildman–Crippen LogP) is 5.29. The maximum Gasteiger partial charge on any atom is 0.247 e. The average Bonchev–Trinajstić information content (AvgIpc) is 3.57. The van der Waals surface area contributed by atoms with E-state index in [2.05, 4.69) is 47.8 Å². The van der Waals surface area contributed by atoms with E-state index in [1.54, 1.807) is 28.8 Å². The summed E-state index contributed by atoms with van der Waals surface area (Å²) in [5.74, 6) is -1.20. The van der Waals surface area contributed by atoms with E-state index in [9.17, 15) is 19.5 Å². The van der Waals surface area contributed by atoms with Gasteiger partial charge in [-0.15, -0.1) is 24.9 Å². The molecule has 3 fully saturated rings. The fraction of sp³-hybridized carbons (Fsp3) is 0.629. The summed E-state index contributed by atoms with van der Waals surface area (Å²) in [5, 5.41) is 9.51. The van der Waals surface area contributed by atoms with E-state index in [4.69, 9.17) is 0 Å². The van der Waals surface area contributed by atoms with Crippen LogP contribution in [0.2, 0.25) is 0 Å². The largest absolute Gasteiger partial charge is 0.396 e. The minimum atomic E-state index is -0.655. The maximum atomic E-state index is 14.8. The summed E-state index contributed by atoms with van der Waals surface area (Å²) in [5.41, 5.74) is 0.549. The van der Waals surface area contributed by atoms with Crippen molar-refractivity contribution in [3.63, 3.8) is 0 Å². The summed E-state index contributed by atoms with van der Waals surface area (Å²) in [7, 11) is 0. The maximum absolute atomic E-state index is 14.8. The molecule has 0 aliphatic carbocycles. The van der Waals surface area contributed by atoms with Crippen molar-refractivity contribution in [1.82, 2.24) is 14.7 Å². The summed E-state index contributed by atoms with van der Waals surface area (Å²) >= 11 is 1.71. The van der Waals surface area contributed by atoms with E-state index in [1.807, 2.05) is 40.1 Å². The van der Waals surface area contributed by atoms with Crippen LogP contribution in [0.4, 0.5) is 0 Å². The van der Waals surface area contributed by atoms with Gasteiger partial charge in [-0.25, -0.2) is 0 Å². The first-order chi connectivity index (χ1) is 20.3. The second-order valence-corrected chi connectivity index (χ2v) is 15.9. The molecular weight excluding hydrogens is 558 g/mol. The van der Waals surface area contributed by atoms with Gasteiger partial charge in [-0.05, 0) is 56.9 Å². The van der Waals surface area contributed by atoms with Gasteiger partial charge in [0.2, 0.25) is 17.7 Å². The molecule has 3 aliphatic heterocycles. The normalized spacial score (nSPS) is 26.4. The standard InChI is InChI=1S/C35H51N3O4S/c1-8-19-36(23-25-15-11-10-12-16-25)30(40)27-26-17-18-35(43-26)28(27)31(41)37(21-13-14-22-39)29(35)32(42)38(20-9-2)34(6,7)24-33(3,4)5/h8-12,15-16,26-29,39H,1-2,13-14,17-24H2,3-7H3/t26-,27+,28+,29?,35?/m1/s1. The molecule has 1 spiro atoms. The Labute approximate surface area is 262 Å². The first-order valence-corrected chi connectivity index (χ1v) is 16.6. The van der Waals surface area contributed by atoms with E-state index in [1.165, 1.54) is 0 Å². The predicted molar refractivity (Wildman–Crippen MR) is 174 cm³/mol. The number of rotatable bonds is 14. The highest BCUT2D eigenvalue weighted by Crippen LogP contribution is 2.67. The SMILES string of the molecule is C=CCN(Cc1ccccc1)C(=O)[C@@H]1[C@H]2C(=O)N(CCCCO)C(C(=O)N(CC=C)C(C)(C)CC(C)(C)C)C23CC[C@H]1S3. The summed E-state index contributed by atoms with van der Waals surface area (Å²) in [6, 6.07) is 9.24. The van der Waals surface area contributed by atoms with Gasteiger partial charge < -0.3 is 19.8 Å². The number of aliphatic hydroxyl groups excluding tert-OH is 1. The number of carbonyl (C=O) groups is 3. The lowest BCUT2D eigenvalue weighted by Crippen LogP contribution is -2.60. The van der Waals surface area contributed by atoms with Crippen LogP contribution >= 0.6 is 11.8 Å². The minimum absolute atomic E-state index is 0.00475. The Morgan fingerprint density at radius 2 is 1.74 bits per heavy atom. The molecular formula is C35H51N3O4S. The Balaban J connectivity index is 1.73. The molecule has 2 bridgehead atoms. The molecule has 1 aromatic carbocycles. The van der Waals surface area contributed by atoms with Crippen molar-refractivity contribution in [1.29, 1.82) is 0 Å². The molecule has 236 valence electrons. The number of unbranched alkanes of at least 4 members (excludes halogenated alkanes) is 1. The molecule has 3 amide bonds. The highest BCUT2D eigenvalue weighted by atomic mass is 32.2. The van der Waals surface area contributed by atoms with Gasteiger partial charge in [0.15, 0.2) is 0 Å². The smallest absolute Gasteiger partial charge is 0.247 e. The number of hydrogen-bond donors (Lipinski definition) is 1. The third-order valence-electron chi connectivity index (χ3n) is 9.28. The number of aliphatic hydroxyl groups is 1. The molecule has 1 N–H and O–H groups in total. The van der Waals surface area contributed by atoms with Crippen LogP contribution in [0.15, 0.2) is 55.6 Å². The molecule has 43 heavy (non-hydrogen) atoms. The Bertz CT molecular complexity index is 1200. The first kappa shape index (κ1) is 33.3. The van der Waals surface area contributed by atoms with Gasteiger partial charge in [0, 0.05) is 43.6 Å². The van der Waals surface area contributed by atoms with Crippen LogP contribution in [0.1, 0.15) is 72.3 Å². The Kier molecular flexibility index (Phi) is 10.2. The summed E-state index contributed by atoms with van der Waals surface area (Å²) in [4.78, 5) is 49.2. The van der Waals surface area contributed by atoms with Crippen LogP contribution in [0, 0.1) is 17.3 Å². The fourth-order valence-corrected chi connectivity index (χ4v) is 10.3. The van der Waals surface area contributed by atoms with Crippen LogP contribution in [0.25, 0.3) is 0 Å². The first-order valence-electron chi connectivity index (χ1n) is 15.8. The Hall–Kier alpha value is -2.58. The number of nitrogens with zero attached hydrogens (tertiary/aromatic N) is 3. The average molecular weight is 610 g/mol.